The molecule has 0 radical (unpaired) electrons. The first-order valence-electron chi connectivity index (χ1n) is 8.41. The standard InChI is InChI=1S/C16H13NO3/c18-13-8-6-12(7-9-13)16(10-14(19)17-15(16)20)11-4-2-1-3-5-11/h1-9,18H,10H2,(H,17,19,20)/i1D,2D,3D,4D,5D,14+1,15+1,16+1. The SMILES string of the molecule is [2H]c1c([2H])c([2H])c([13C]2(c3ccc(O)cc3)C[13C](=O)N[13C]2=O)c([2H])c1[2H]. The van der Waals surface area contributed by atoms with Gasteiger partial charge in [-0.2, -0.15) is 0 Å². The van der Waals surface area contributed by atoms with Gasteiger partial charge in [0.15, 0.2) is 0 Å². The summed E-state index contributed by atoms with van der Waals surface area (Å²) in [6, 6.07) is 2.59. The van der Waals surface area contributed by atoms with Crippen molar-refractivity contribution in [3.63, 3.8) is 0 Å². The van der Waals surface area contributed by atoms with Crippen molar-refractivity contribution >= 4 is 11.8 Å². The van der Waals surface area contributed by atoms with E-state index in [0.29, 0.717) is 0 Å². The third-order valence-corrected chi connectivity index (χ3v) is 3.35. The second-order valence-corrected chi connectivity index (χ2v) is 4.51. The van der Waals surface area contributed by atoms with Gasteiger partial charge in [-0.3, -0.25) is 14.9 Å². The number of phenolic OH excluding ortho intramolecular Hbond substituents is 1. The van der Waals surface area contributed by atoms with Crippen molar-refractivity contribution in [2.24, 2.45) is 0 Å². The van der Waals surface area contributed by atoms with Crippen LogP contribution >= 0.6 is 0 Å². The number of hydrogen-bond donors (Lipinski definition) is 2. The van der Waals surface area contributed by atoms with E-state index in [1.165, 1.54) is 24.3 Å². The lowest BCUT2D eigenvalue weighted by molar-refractivity contribution is -0.125. The monoisotopic (exact) mass is 275 g/mol. The van der Waals surface area contributed by atoms with E-state index in [-0.39, 0.29) is 23.3 Å². The van der Waals surface area contributed by atoms with Crippen molar-refractivity contribution in [1.82, 2.24) is 5.32 Å². The number of nitrogens with one attached hydrogen (secondary N) is 1. The van der Waals surface area contributed by atoms with Gasteiger partial charge in [0.1, 0.15) is 11.2 Å². The molecule has 4 heteroatoms. The lowest BCUT2D eigenvalue weighted by Crippen LogP contribution is -2.36. The number of benzene rings is 2. The summed E-state index contributed by atoms with van der Waals surface area (Å²) < 4.78 is 39.7. The maximum absolute atomic E-state index is 12.7. The summed E-state index contributed by atoms with van der Waals surface area (Å²) in [5.41, 5.74) is -1.75. The number of amides is 2. The summed E-state index contributed by atoms with van der Waals surface area (Å²) in [5.74, 6) is -1.43. The molecule has 100 valence electrons. The zero-order valence-electron chi connectivity index (χ0n) is 15.3. The highest BCUT2D eigenvalue weighted by Gasteiger charge is 2.49. The van der Waals surface area contributed by atoms with Crippen molar-refractivity contribution in [2.45, 2.75) is 11.8 Å². The average Bonchev–Trinajstić information content (AvgIpc) is 2.87. The third-order valence-electron chi connectivity index (χ3n) is 3.35. The molecule has 1 aliphatic rings. The van der Waals surface area contributed by atoms with Crippen LogP contribution in [0.15, 0.2) is 54.5 Å². The Morgan fingerprint density at radius 3 is 2.25 bits per heavy atom. The molecule has 0 aliphatic carbocycles. The largest absolute Gasteiger partial charge is 0.508 e. The Labute approximate surface area is 123 Å². The van der Waals surface area contributed by atoms with Crippen LogP contribution in [0.1, 0.15) is 24.4 Å². The lowest BCUT2D eigenvalue weighted by Gasteiger charge is -2.26. The maximum atomic E-state index is 12.7. The predicted octanol–water partition coefficient (Wildman–Crippen LogP) is 1.72. The van der Waals surface area contributed by atoms with E-state index >= 15 is 0 Å². The molecule has 1 aliphatic heterocycles. The number of rotatable bonds is 2. The van der Waals surface area contributed by atoms with Gasteiger partial charge in [-0.05, 0) is 23.3 Å². The molecule has 2 aromatic carbocycles. The van der Waals surface area contributed by atoms with E-state index in [0.717, 1.165) is 0 Å². The molecule has 0 bridgehead atoms. The van der Waals surface area contributed by atoms with Gasteiger partial charge in [0.25, 0.3) is 0 Å². The zero-order valence-corrected chi connectivity index (χ0v) is 10.3. The molecule has 1 fully saturated rings. The van der Waals surface area contributed by atoms with Crippen molar-refractivity contribution < 1.29 is 21.5 Å². The molecule has 2 amide bonds. The second kappa shape index (κ2) is 4.49. The maximum Gasteiger partial charge on any atom is 0.242 e. The summed E-state index contributed by atoms with van der Waals surface area (Å²) in [6.45, 7) is 0. The van der Waals surface area contributed by atoms with E-state index in [1.807, 2.05) is 0 Å². The van der Waals surface area contributed by atoms with Crippen molar-refractivity contribution in [1.29, 1.82) is 0 Å². The summed E-state index contributed by atoms with van der Waals surface area (Å²) in [5, 5.41) is 11.6. The highest BCUT2D eigenvalue weighted by molar-refractivity contribution is 6.11. The van der Waals surface area contributed by atoms with E-state index in [9.17, 15) is 14.7 Å². The fourth-order valence-electron chi connectivity index (χ4n) is 2.39. The molecule has 3 rings (SSSR count). The first kappa shape index (κ1) is 7.85. The van der Waals surface area contributed by atoms with E-state index < -0.39 is 47.4 Å². The Morgan fingerprint density at radius 1 is 1.05 bits per heavy atom. The molecule has 0 saturated carbocycles. The number of imide groups is 1. The van der Waals surface area contributed by atoms with Crippen LogP contribution in [0, 0.1) is 0 Å². The van der Waals surface area contributed by atoms with Gasteiger partial charge in [-0.1, -0.05) is 42.3 Å². The van der Waals surface area contributed by atoms with E-state index in [1.54, 1.807) is 0 Å². The average molecular weight is 275 g/mol. The van der Waals surface area contributed by atoms with Crippen LogP contribution in [0.5, 0.6) is 5.75 Å². The van der Waals surface area contributed by atoms with Crippen molar-refractivity contribution in [3.05, 3.63) is 65.6 Å². The van der Waals surface area contributed by atoms with Crippen LogP contribution in [0.2, 0.25) is 0 Å². The summed E-state index contributed by atoms with van der Waals surface area (Å²) in [6.07, 6.45) is -0.384. The fraction of sp³-hybridized carbons (Fsp3) is 0.125. The number of aromatic hydroxyl groups is 1. The second-order valence-electron chi connectivity index (χ2n) is 4.51. The number of carbonyl (C=O) groups is 2. The Kier molecular flexibility index (Phi) is 1.76. The summed E-state index contributed by atoms with van der Waals surface area (Å²) >= 11 is 0. The molecule has 1 heterocycles. The predicted molar refractivity (Wildman–Crippen MR) is 73.1 cm³/mol. The van der Waals surface area contributed by atoms with Crippen LogP contribution in [-0.2, 0) is 15.0 Å². The minimum absolute atomic E-state index is 0.0651. The molecule has 4 nitrogen and oxygen atoms in total. The van der Waals surface area contributed by atoms with Gasteiger partial charge in [0, 0.05) is 6.42 Å². The zero-order chi connectivity index (χ0) is 18.5. The Morgan fingerprint density at radius 2 is 1.70 bits per heavy atom. The molecule has 1 saturated heterocycles. The van der Waals surface area contributed by atoms with Crippen LogP contribution < -0.4 is 5.32 Å². The summed E-state index contributed by atoms with van der Waals surface area (Å²) in [4.78, 5) is 24.6. The molecular weight excluding hydrogens is 257 g/mol. The molecule has 1 atom stereocenters. The van der Waals surface area contributed by atoms with E-state index in [2.05, 4.69) is 5.32 Å². The highest BCUT2D eigenvalue weighted by Crippen LogP contribution is 2.39. The molecule has 0 spiro atoms. The Bertz CT molecular complexity index is 884. The van der Waals surface area contributed by atoms with Gasteiger partial charge < -0.3 is 5.11 Å². The highest BCUT2D eigenvalue weighted by atomic mass is 16.3. The minimum atomic E-state index is -1.75. The molecule has 2 aromatic rings. The first-order chi connectivity index (χ1) is 11.7. The van der Waals surface area contributed by atoms with Crippen LogP contribution in [0.25, 0.3) is 0 Å². The van der Waals surface area contributed by atoms with Gasteiger partial charge in [-0.15, -0.1) is 0 Å². The minimum Gasteiger partial charge on any atom is -0.508 e. The quantitative estimate of drug-likeness (QED) is 0.648. The molecule has 2 N–H and O–H groups in total. The Balaban J connectivity index is 2.41. The number of phenols is 1. The summed E-state index contributed by atoms with van der Waals surface area (Å²) in [7, 11) is 0. The van der Waals surface area contributed by atoms with E-state index in [4.69, 9.17) is 6.85 Å². The van der Waals surface area contributed by atoms with Gasteiger partial charge in [-0.25, -0.2) is 0 Å². The third kappa shape index (κ3) is 1.77. The van der Waals surface area contributed by atoms with Crippen LogP contribution in [0.4, 0.5) is 0 Å². The van der Waals surface area contributed by atoms with Crippen LogP contribution in [0.3, 0.4) is 0 Å². The molecular formula is C16H13NO3. The number of hydrogen-bond acceptors (Lipinski definition) is 3. The lowest BCUT2D eigenvalue weighted by atomic mass is 10.1. The smallest absolute Gasteiger partial charge is 0.242 e. The topological polar surface area (TPSA) is 66.4 Å². The normalized spacial score (nSPS) is 25.3. The molecule has 20 heavy (non-hydrogen) atoms. The number of carbonyl (C=O) groups excluding carboxylic acids is 2. The van der Waals surface area contributed by atoms with Crippen LogP contribution in [-0.4, -0.2) is 16.9 Å². The van der Waals surface area contributed by atoms with Gasteiger partial charge in [0.05, 0.1) is 6.85 Å². The van der Waals surface area contributed by atoms with Gasteiger partial charge >= 0.3 is 0 Å². The fourth-order valence-corrected chi connectivity index (χ4v) is 2.39. The molecule has 1 unspecified atom stereocenters. The van der Waals surface area contributed by atoms with Crippen molar-refractivity contribution in [2.75, 3.05) is 0 Å². The van der Waals surface area contributed by atoms with Crippen molar-refractivity contribution in [3.8, 4) is 5.75 Å². The van der Waals surface area contributed by atoms with Gasteiger partial charge in [0.2, 0.25) is 11.8 Å². The molecule has 0 aromatic heterocycles. The first-order valence-corrected chi connectivity index (χ1v) is 5.91. The Hall–Kier alpha value is -2.62.